The highest BCUT2D eigenvalue weighted by Gasteiger charge is 2.14. The largest absolute Gasteiger partial charge is 0.326 e. The van der Waals surface area contributed by atoms with Gasteiger partial charge in [-0.1, -0.05) is 43.3 Å². The lowest BCUT2D eigenvalue weighted by atomic mass is 9.98. The second-order valence-electron chi connectivity index (χ2n) is 6.42. The maximum atomic E-state index is 11.5. The van der Waals surface area contributed by atoms with Crippen molar-refractivity contribution in [3.63, 3.8) is 0 Å². The van der Waals surface area contributed by atoms with Crippen molar-refractivity contribution in [2.45, 2.75) is 51.9 Å². The van der Waals surface area contributed by atoms with Gasteiger partial charge in [0, 0.05) is 12.1 Å². The van der Waals surface area contributed by atoms with Gasteiger partial charge in [-0.2, -0.15) is 0 Å². The number of hydrogen-bond donors (Lipinski definition) is 1. The summed E-state index contributed by atoms with van der Waals surface area (Å²) < 4.78 is 0. The first-order valence-corrected chi connectivity index (χ1v) is 8.74. The van der Waals surface area contributed by atoms with E-state index in [0.29, 0.717) is 6.42 Å². The second kappa shape index (κ2) is 7.45. The Morgan fingerprint density at radius 2 is 1.52 bits per heavy atom. The second-order valence-corrected chi connectivity index (χ2v) is 6.42. The summed E-state index contributed by atoms with van der Waals surface area (Å²) in [5, 5.41) is 2.99. The highest BCUT2D eigenvalue weighted by Crippen LogP contribution is 2.24. The van der Waals surface area contributed by atoms with E-state index >= 15 is 0 Å². The zero-order chi connectivity index (χ0) is 16.1. The number of anilines is 1. The van der Waals surface area contributed by atoms with Crippen LogP contribution in [0.3, 0.4) is 0 Å². The molecular formula is C21H25NO. The molecule has 0 spiro atoms. The molecule has 0 fully saturated rings. The number of rotatable bonds is 6. The lowest BCUT2D eigenvalue weighted by Gasteiger charge is -2.17. The first kappa shape index (κ1) is 15.8. The Balaban J connectivity index is 1.48. The number of nitrogens with one attached hydrogen (secondary N) is 1. The summed E-state index contributed by atoms with van der Waals surface area (Å²) in [6.45, 7) is 2.19. The zero-order valence-corrected chi connectivity index (χ0v) is 13.9. The summed E-state index contributed by atoms with van der Waals surface area (Å²) in [7, 11) is 0. The average Bonchev–Trinajstić information content (AvgIpc) is 2.59. The van der Waals surface area contributed by atoms with Gasteiger partial charge in [-0.3, -0.25) is 4.79 Å². The van der Waals surface area contributed by atoms with Gasteiger partial charge in [-0.15, -0.1) is 0 Å². The van der Waals surface area contributed by atoms with Crippen LogP contribution < -0.4 is 5.32 Å². The number of unbranched alkanes of at least 4 members (excludes halogenated alkanes) is 1. The van der Waals surface area contributed by atoms with Gasteiger partial charge in [0.05, 0.1) is 0 Å². The van der Waals surface area contributed by atoms with Crippen LogP contribution in [-0.2, 0) is 30.5 Å². The molecule has 3 rings (SSSR count). The van der Waals surface area contributed by atoms with Gasteiger partial charge in [-0.25, -0.2) is 0 Å². The van der Waals surface area contributed by atoms with Crippen molar-refractivity contribution in [2.75, 3.05) is 5.32 Å². The first-order valence-electron chi connectivity index (χ1n) is 8.74. The van der Waals surface area contributed by atoms with Crippen molar-refractivity contribution in [3.8, 4) is 0 Å². The molecule has 2 nitrogen and oxygen atoms in total. The molecule has 1 N–H and O–H groups in total. The minimum absolute atomic E-state index is 0.144. The molecule has 0 atom stereocenters. The maximum Gasteiger partial charge on any atom is 0.224 e. The van der Waals surface area contributed by atoms with Crippen LogP contribution in [0.5, 0.6) is 0 Å². The molecule has 0 saturated carbocycles. The smallest absolute Gasteiger partial charge is 0.224 e. The van der Waals surface area contributed by atoms with Crippen molar-refractivity contribution in [1.82, 2.24) is 0 Å². The van der Waals surface area contributed by atoms with Gasteiger partial charge in [0.2, 0.25) is 5.91 Å². The van der Waals surface area contributed by atoms with Crippen molar-refractivity contribution in [3.05, 3.63) is 64.7 Å². The van der Waals surface area contributed by atoms with Crippen LogP contribution >= 0.6 is 0 Å². The van der Waals surface area contributed by atoms with Crippen molar-refractivity contribution in [2.24, 2.45) is 0 Å². The van der Waals surface area contributed by atoms with Crippen LogP contribution in [0.2, 0.25) is 0 Å². The molecule has 1 aliphatic heterocycles. The first-order chi connectivity index (χ1) is 11.2. The van der Waals surface area contributed by atoms with Gasteiger partial charge in [0.25, 0.3) is 0 Å². The molecule has 1 amide bonds. The Hall–Kier alpha value is -2.09. The van der Waals surface area contributed by atoms with Crippen LogP contribution in [0.15, 0.2) is 42.5 Å². The number of carbonyl (C=O) groups excluding carboxylic acids is 1. The third kappa shape index (κ3) is 4.22. The lowest BCUT2D eigenvalue weighted by molar-refractivity contribution is -0.116. The summed E-state index contributed by atoms with van der Waals surface area (Å²) in [6, 6.07) is 15.5. The summed E-state index contributed by atoms with van der Waals surface area (Å²) in [6.07, 6.45) is 7.20. The number of carbonyl (C=O) groups is 1. The number of fused-ring (bicyclic) bond motifs is 1. The number of hydrogen-bond acceptors (Lipinski definition) is 1. The minimum atomic E-state index is 0.144. The quantitative estimate of drug-likeness (QED) is 0.770. The van der Waals surface area contributed by atoms with Gasteiger partial charge >= 0.3 is 0 Å². The monoisotopic (exact) mass is 307 g/mol. The summed E-state index contributed by atoms with van der Waals surface area (Å²) in [5.41, 5.74) is 6.45. The molecule has 23 heavy (non-hydrogen) atoms. The molecule has 2 heteroatoms. The van der Waals surface area contributed by atoms with Crippen molar-refractivity contribution >= 4 is 11.6 Å². The highest BCUT2D eigenvalue weighted by molar-refractivity contribution is 5.93. The van der Waals surface area contributed by atoms with E-state index in [1.807, 2.05) is 0 Å². The van der Waals surface area contributed by atoms with E-state index < -0.39 is 0 Å². The molecule has 0 unspecified atom stereocenters. The fourth-order valence-electron chi connectivity index (χ4n) is 3.17. The third-order valence-corrected chi connectivity index (χ3v) is 4.68. The predicted molar refractivity (Wildman–Crippen MR) is 95.9 cm³/mol. The summed E-state index contributed by atoms with van der Waals surface area (Å²) >= 11 is 0. The maximum absolute atomic E-state index is 11.5. The van der Waals surface area contributed by atoms with Crippen molar-refractivity contribution < 1.29 is 4.79 Å². The van der Waals surface area contributed by atoms with E-state index in [1.54, 1.807) is 0 Å². The van der Waals surface area contributed by atoms with Crippen molar-refractivity contribution in [1.29, 1.82) is 0 Å². The predicted octanol–water partition coefficient (Wildman–Crippen LogP) is 4.70. The SMILES string of the molecule is CCc1ccc(CCCCc2ccc3c(c2)NC(=O)CC3)cc1. The molecule has 2 aromatic carbocycles. The Bertz CT molecular complexity index is 673. The Kier molecular flexibility index (Phi) is 5.12. The summed E-state index contributed by atoms with van der Waals surface area (Å²) in [4.78, 5) is 11.5. The minimum Gasteiger partial charge on any atom is -0.326 e. The Morgan fingerprint density at radius 3 is 2.26 bits per heavy atom. The van der Waals surface area contributed by atoms with Gasteiger partial charge < -0.3 is 5.32 Å². The molecule has 120 valence electrons. The molecular weight excluding hydrogens is 282 g/mol. The number of aryl methyl sites for hydroxylation is 4. The average molecular weight is 307 g/mol. The van der Waals surface area contributed by atoms with Crippen LogP contribution in [-0.4, -0.2) is 5.91 Å². The van der Waals surface area contributed by atoms with E-state index in [1.165, 1.54) is 35.1 Å². The fraction of sp³-hybridized carbons (Fsp3) is 0.381. The van der Waals surface area contributed by atoms with Crippen LogP contribution in [0.1, 0.15) is 48.4 Å². The summed E-state index contributed by atoms with van der Waals surface area (Å²) in [5.74, 6) is 0.144. The lowest BCUT2D eigenvalue weighted by Crippen LogP contribution is -2.19. The van der Waals surface area contributed by atoms with Gasteiger partial charge in [0.15, 0.2) is 0 Å². The molecule has 0 bridgehead atoms. The van der Waals surface area contributed by atoms with E-state index in [-0.39, 0.29) is 5.91 Å². The Labute approximate surface area is 138 Å². The number of benzene rings is 2. The van der Waals surface area contributed by atoms with Gasteiger partial charge in [-0.05, 0) is 66.8 Å². The van der Waals surface area contributed by atoms with E-state index in [4.69, 9.17) is 0 Å². The molecule has 0 aliphatic carbocycles. The Morgan fingerprint density at radius 1 is 0.870 bits per heavy atom. The van der Waals surface area contributed by atoms with Crippen LogP contribution in [0.4, 0.5) is 5.69 Å². The molecule has 0 aromatic heterocycles. The van der Waals surface area contributed by atoms with Crippen LogP contribution in [0.25, 0.3) is 0 Å². The zero-order valence-electron chi connectivity index (χ0n) is 13.9. The van der Waals surface area contributed by atoms with E-state index in [0.717, 1.165) is 31.4 Å². The molecule has 0 saturated heterocycles. The normalized spacial score (nSPS) is 13.5. The number of amides is 1. The molecule has 2 aromatic rings. The third-order valence-electron chi connectivity index (χ3n) is 4.68. The molecule has 1 heterocycles. The van der Waals surface area contributed by atoms with E-state index in [2.05, 4.69) is 54.7 Å². The van der Waals surface area contributed by atoms with Crippen LogP contribution in [0, 0.1) is 0 Å². The topological polar surface area (TPSA) is 29.1 Å². The van der Waals surface area contributed by atoms with Gasteiger partial charge in [0.1, 0.15) is 0 Å². The molecule has 1 aliphatic rings. The molecule has 0 radical (unpaired) electrons. The highest BCUT2D eigenvalue weighted by atomic mass is 16.1. The fourth-order valence-corrected chi connectivity index (χ4v) is 3.17. The standard InChI is InChI=1S/C21H25NO/c1-2-16-7-9-17(10-8-16)5-3-4-6-18-11-12-19-13-14-21(23)22-20(19)15-18/h7-12,15H,2-6,13-14H2,1H3,(H,22,23). The van der Waals surface area contributed by atoms with E-state index in [9.17, 15) is 4.79 Å².